The van der Waals surface area contributed by atoms with Crippen molar-refractivity contribution in [1.29, 1.82) is 0 Å². The normalized spacial score (nSPS) is 21.3. The summed E-state index contributed by atoms with van der Waals surface area (Å²) in [6.45, 7) is 2.00. The van der Waals surface area contributed by atoms with E-state index in [-0.39, 0.29) is 0 Å². The lowest BCUT2D eigenvalue weighted by molar-refractivity contribution is 0.925. The quantitative estimate of drug-likeness (QED) is 0.769. The Labute approximate surface area is 129 Å². The summed E-state index contributed by atoms with van der Waals surface area (Å²) in [5, 5.41) is 6.90. The van der Waals surface area contributed by atoms with E-state index >= 15 is 0 Å². The van der Waals surface area contributed by atoms with Crippen LogP contribution in [0.5, 0.6) is 0 Å². The molecular formula is C14H22N4S2. The Hall–Kier alpha value is -0.620. The molecule has 20 heavy (non-hydrogen) atoms. The number of thioether (sulfide) groups is 2. The number of anilines is 2. The van der Waals surface area contributed by atoms with Gasteiger partial charge in [0.15, 0.2) is 0 Å². The molecule has 2 aliphatic carbocycles. The van der Waals surface area contributed by atoms with Gasteiger partial charge < -0.3 is 10.6 Å². The van der Waals surface area contributed by atoms with E-state index in [0.717, 1.165) is 24.7 Å². The highest BCUT2D eigenvalue weighted by Crippen LogP contribution is 2.47. The van der Waals surface area contributed by atoms with Gasteiger partial charge in [0.05, 0.1) is 0 Å². The minimum atomic E-state index is 0.454. The Morgan fingerprint density at radius 3 is 1.75 bits per heavy atom. The second-order valence-corrected chi connectivity index (χ2v) is 8.32. The predicted octanol–water partition coefficient (Wildman–Crippen LogP) is 3.09. The lowest BCUT2D eigenvalue weighted by Gasteiger charge is -2.15. The van der Waals surface area contributed by atoms with Crippen molar-refractivity contribution in [2.75, 3.05) is 36.2 Å². The highest BCUT2D eigenvalue weighted by Gasteiger charge is 2.42. The summed E-state index contributed by atoms with van der Waals surface area (Å²) in [6.07, 6.45) is 11.3. The van der Waals surface area contributed by atoms with Gasteiger partial charge in [-0.3, -0.25) is 0 Å². The average Bonchev–Trinajstić information content (AvgIpc) is 3.39. The van der Waals surface area contributed by atoms with Gasteiger partial charge in [-0.15, -0.1) is 0 Å². The fourth-order valence-electron chi connectivity index (χ4n) is 2.24. The molecule has 0 saturated heterocycles. The van der Waals surface area contributed by atoms with Gasteiger partial charge >= 0.3 is 0 Å². The van der Waals surface area contributed by atoms with E-state index in [1.807, 2.05) is 29.6 Å². The highest BCUT2D eigenvalue weighted by molar-refractivity contribution is 8.00. The molecule has 0 radical (unpaired) electrons. The Morgan fingerprint density at radius 2 is 1.40 bits per heavy atom. The molecule has 6 heteroatoms. The van der Waals surface area contributed by atoms with Gasteiger partial charge in [-0.05, 0) is 38.2 Å². The first-order valence-corrected chi connectivity index (χ1v) is 9.54. The number of aromatic nitrogens is 2. The Balaban J connectivity index is 1.53. The molecular weight excluding hydrogens is 288 g/mol. The van der Waals surface area contributed by atoms with Crippen LogP contribution >= 0.6 is 23.5 Å². The molecule has 0 aliphatic heterocycles. The van der Waals surface area contributed by atoms with Crippen molar-refractivity contribution in [3.05, 3.63) is 12.4 Å². The first kappa shape index (κ1) is 14.3. The van der Waals surface area contributed by atoms with E-state index in [1.165, 1.54) is 25.7 Å². The second-order valence-electron chi connectivity index (χ2n) is 5.77. The largest absolute Gasteiger partial charge is 0.369 e. The monoisotopic (exact) mass is 310 g/mol. The van der Waals surface area contributed by atoms with E-state index in [4.69, 9.17) is 0 Å². The van der Waals surface area contributed by atoms with Crippen molar-refractivity contribution in [2.45, 2.75) is 35.2 Å². The highest BCUT2D eigenvalue weighted by atomic mass is 32.2. The minimum absolute atomic E-state index is 0.454. The van der Waals surface area contributed by atoms with Crippen molar-refractivity contribution in [1.82, 2.24) is 9.97 Å². The fourth-order valence-corrected chi connectivity index (χ4v) is 3.69. The second kappa shape index (κ2) is 5.64. The average molecular weight is 310 g/mol. The van der Waals surface area contributed by atoms with Gasteiger partial charge in [0.25, 0.3) is 0 Å². The van der Waals surface area contributed by atoms with Gasteiger partial charge in [-0.25, -0.2) is 9.97 Å². The number of nitrogens with one attached hydrogen (secondary N) is 2. The third-order valence-corrected chi connectivity index (χ3v) is 7.17. The maximum Gasteiger partial charge on any atom is 0.131 e. The lowest BCUT2D eigenvalue weighted by Crippen LogP contribution is -2.20. The molecule has 4 nitrogen and oxygen atoms in total. The summed E-state index contributed by atoms with van der Waals surface area (Å²) in [5.74, 6) is 1.86. The van der Waals surface area contributed by atoms with E-state index in [1.54, 1.807) is 6.33 Å². The first-order chi connectivity index (χ1) is 9.69. The van der Waals surface area contributed by atoms with Gasteiger partial charge in [0, 0.05) is 28.6 Å². The number of rotatable bonds is 8. The summed E-state index contributed by atoms with van der Waals surface area (Å²) in [4.78, 5) is 8.62. The van der Waals surface area contributed by atoms with Crippen molar-refractivity contribution in [3.63, 3.8) is 0 Å². The molecule has 2 fully saturated rings. The molecule has 1 aromatic rings. The molecule has 110 valence electrons. The molecule has 0 aromatic carbocycles. The summed E-state index contributed by atoms with van der Waals surface area (Å²) in [7, 11) is 0. The minimum Gasteiger partial charge on any atom is -0.369 e. The van der Waals surface area contributed by atoms with Gasteiger partial charge in [0.1, 0.15) is 18.0 Å². The number of hydrogen-bond acceptors (Lipinski definition) is 6. The molecule has 1 heterocycles. The van der Waals surface area contributed by atoms with Gasteiger partial charge in [-0.2, -0.15) is 23.5 Å². The molecule has 0 spiro atoms. The van der Waals surface area contributed by atoms with Crippen LogP contribution < -0.4 is 10.6 Å². The van der Waals surface area contributed by atoms with Crippen molar-refractivity contribution in [2.24, 2.45) is 0 Å². The van der Waals surface area contributed by atoms with Crippen LogP contribution in [0.4, 0.5) is 11.6 Å². The maximum absolute atomic E-state index is 4.31. The molecule has 0 atom stereocenters. The summed E-state index contributed by atoms with van der Waals surface area (Å²) in [5.41, 5.74) is 0. The molecule has 1 aromatic heterocycles. The summed E-state index contributed by atoms with van der Waals surface area (Å²) < 4.78 is 0.908. The Bertz CT molecular complexity index is 433. The van der Waals surface area contributed by atoms with Crippen LogP contribution in [0.25, 0.3) is 0 Å². The van der Waals surface area contributed by atoms with Crippen LogP contribution in [0.2, 0.25) is 0 Å². The molecule has 0 bridgehead atoms. The zero-order valence-corrected chi connectivity index (χ0v) is 13.7. The van der Waals surface area contributed by atoms with E-state index in [9.17, 15) is 0 Å². The molecule has 0 amide bonds. The SMILES string of the molecule is CSC1(CNc2cc(NCC3(SC)CC3)ncn2)CC1. The van der Waals surface area contributed by atoms with E-state index in [0.29, 0.717) is 9.49 Å². The maximum atomic E-state index is 4.31. The van der Waals surface area contributed by atoms with Crippen molar-refractivity contribution >= 4 is 35.2 Å². The summed E-state index contributed by atoms with van der Waals surface area (Å²) in [6, 6.07) is 2.02. The van der Waals surface area contributed by atoms with Crippen LogP contribution in [0.15, 0.2) is 12.4 Å². The topological polar surface area (TPSA) is 49.8 Å². The van der Waals surface area contributed by atoms with Crippen LogP contribution in [0.1, 0.15) is 25.7 Å². The van der Waals surface area contributed by atoms with Crippen LogP contribution in [-0.2, 0) is 0 Å². The smallest absolute Gasteiger partial charge is 0.131 e. The van der Waals surface area contributed by atoms with Gasteiger partial charge in [0.2, 0.25) is 0 Å². The van der Waals surface area contributed by atoms with Crippen LogP contribution in [0, 0.1) is 0 Å². The molecule has 2 saturated carbocycles. The van der Waals surface area contributed by atoms with E-state index < -0.39 is 0 Å². The molecule has 2 aliphatic rings. The summed E-state index contributed by atoms with van der Waals surface area (Å²) >= 11 is 3.92. The third-order valence-electron chi connectivity index (χ3n) is 4.33. The van der Waals surface area contributed by atoms with Gasteiger partial charge in [-0.1, -0.05) is 0 Å². The van der Waals surface area contributed by atoms with E-state index in [2.05, 4.69) is 33.1 Å². The first-order valence-electron chi connectivity index (χ1n) is 7.09. The molecule has 2 N–H and O–H groups in total. The lowest BCUT2D eigenvalue weighted by atomic mass is 10.4. The molecule has 3 rings (SSSR count). The Morgan fingerprint density at radius 1 is 0.950 bits per heavy atom. The number of hydrogen-bond donors (Lipinski definition) is 2. The predicted molar refractivity (Wildman–Crippen MR) is 90.0 cm³/mol. The van der Waals surface area contributed by atoms with Crippen LogP contribution in [0.3, 0.4) is 0 Å². The van der Waals surface area contributed by atoms with Crippen molar-refractivity contribution < 1.29 is 0 Å². The third kappa shape index (κ3) is 3.34. The fraction of sp³-hybridized carbons (Fsp3) is 0.714. The zero-order valence-electron chi connectivity index (χ0n) is 12.1. The Kier molecular flexibility index (Phi) is 4.04. The number of nitrogens with zero attached hydrogens (tertiary/aromatic N) is 2. The zero-order chi connectivity index (χ0) is 14.1. The molecule has 0 unspecified atom stereocenters. The standard InChI is InChI=1S/C14H22N4S2/c1-19-13(3-4-13)8-15-11-7-12(18-10-17-11)16-9-14(20-2)5-6-14/h7,10H,3-6,8-9H2,1-2H3,(H2,15,16,17,18). The van der Waals surface area contributed by atoms with Crippen molar-refractivity contribution in [3.8, 4) is 0 Å². The van der Waals surface area contributed by atoms with Crippen LogP contribution in [-0.4, -0.2) is 45.1 Å².